The van der Waals surface area contributed by atoms with Crippen LogP contribution in [0.1, 0.15) is 52.3 Å². The molecule has 0 aliphatic heterocycles. The fourth-order valence-electron chi connectivity index (χ4n) is 0.649. The summed E-state index contributed by atoms with van der Waals surface area (Å²) in [5.41, 5.74) is 0. The number of rotatable bonds is 3. The summed E-state index contributed by atoms with van der Waals surface area (Å²) in [5.74, 6) is 0. The molecule has 0 aliphatic carbocycles. The van der Waals surface area contributed by atoms with E-state index < -0.39 is 0 Å². The zero-order valence-corrected chi connectivity index (χ0v) is 13.0. The highest BCUT2D eigenvalue weighted by molar-refractivity contribution is 7.09. The van der Waals surface area contributed by atoms with E-state index in [0.717, 1.165) is 6.61 Å². The number of thiophene rings is 1. The van der Waals surface area contributed by atoms with Crippen LogP contribution in [0.25, 0.3) is 0 Å². The van der Waals surface area contributed by atoms with Crippen LogP contribution in [-0.2, 0) is 4.74 Å². The normalized spacial score (nSPS) is 7.44. The first-order chi connectivity index (χ1) is 7.81. The van der Waals surface area contributed by atoms with Crippen molar-refractivity contribution in [3.8, 4) is 0 Å². The second kappa shape index (κ2) is 24.1. The Morgan fingerprint density at radius 3 is 1.88 bits per heavy atom. The molecule has 1 aromatic rings. The smallest absolute Gasteiger partial charge is 0.0462 e. The first-order valence-electron chi connectivity index (χ1n) is 6.30. The van der Waals surface area contributed by atoms with Crippen LogP contribution in [0.4, 0.5) is 0 Å². The second-order valence-corrected chi connectivity index (χ2v) is 3.72. The number of aryl methyl sites for hydroxylation is 1. The van der Waals surface area contributed by atoms with Crippen molar-refractivity contribution in [1.82, 2.24) is 0 Å². The van der Waals surface area contributed by atoms with Gasteiger partial charge >= 0.3 is 0 Å². The number of hydrogen-bond donors (Lipinski definition) is 0. The van der Waals surface area contributed by atoms with Gasteiger partial charge in [0.1, 0.15) is 0 Å². The summed E-state index contributed by atoms with van der Waals surface area (Å²) in [7, 11) is 1.73. The third-order valence-electron chi connectivity index (χ3n) is 1.37. The highest BCUT2D eigenvalue weighted by Gasteiger charge is 1.75. The van der Waals surface area contributed by atoms with E-state index in [2.05, 4.69) is 31.4 Å². The number of unbranched alkanes of at least 4 members (excludes halogenated alkanes) is 1. The average molecular weight is 246 g/mol. The molecule has 0 spiro atoms. The molecule has 0 N–H and O–H groups in total. The number of methoxy groups -OCH3 is 1. The molecule has 0 radical (unpaired) electrons. The monoisotopic (exact) mass is 246 g/mol. The van der Waals surface area contributed by atoms with Gasteiger partial charge in [0.2, 0.25) is 0 Å². The molecule has 1 rings (SSSR count). The van der Waals surface area contributed by atoms with Crippen molar-refractivity contribution in [2.75, 3.05) is 13.7 Å². The topological polar surface area (TPSA) is 9.23 Å². The Kier molecular flexibility index (Phi) is 31.6. The van der Waals surface area contributed by atoms with E-state index in [1.807, 2.05) is 27.7 Å². The lowest BCUT2D eigenvalue weighted by Gasteiger charge is -1.89. The van der Waals surface area contributed by atoms with Crippen molar-refractivity contribution in [3.63, 3.8) is 0 Å². The molecule has 0 fully saturated rings. The Morgan fingerprint density at radius 2 is 1.75 bits per heavy atom. The van der Waals surface area contributed by atoms with E-state index in [0.29, 0.717) is 0 Å². The highest BCUT2D eigenvalue weighted by Crippen LogP contribution is 2.03. The maximum atomic E-state index is 4.78. The number of hydrogen-bond acceptors (Lipinski definition) is 2. The molecule has 16 heavy (non-hydrogen) atoms. The van der Waals surface area contributed by atoms with Crippen LogP contribution in [-0.4, -0.2) is 13.7 Å². The van der Waals surface area contributed by atoms with E-state index in [4.69, 9.17) is 4.74 Å². The molecular weight excluding hydrogens is 216 g/mol. The molecule has 0 amide bonds. The molecule has 1 nitrogen and oxygen atoms in total. The largest absolute Gasteiger partial charge is 0.385 e. The maximum absolute atomic E-state index is 4.78. The van der Waals surface area contributed by atoms with Gasteiger partial charge in [0, 0.05) is 18.6 Å². The predicted octanol–water partition coefficient (Wildman–Crippen LogP) is 5.54. The lowest BCUT2D eigenvalue weighted by Crippen LogP contribution is -1.84. The minimum atomic E-state index is 0.913. The van der Waals surface area contributed by atoms with Gasteiger partial charge in [-0.1, -0.05) is 47.1 Å². The third-order valence-corrected chi connectivity index (χ3v) is 2.17. The van der Waals surface area contributed by atoms with Gasteiger partial charge in [-0.15, -0.1) is 11.3 Å². The molecule has 0 unspecified atom stereocenters. The lowest BCUT2D eigenvalue weighted by molar-refractivity contribution is 0.194. The van der Waals surface area contributed by atoms with Gasteiger partial charge in [-0.25, -0.2) is 0 Å². The van der Waals surface area contributed by atoms with Gasteiger partial charge < -0.3 is 4.74 Å². The Labute approximate surface area is 107 Å². The average Bonchev–Trinajstić information content (AvgIpc) is 2.83. The molecule has 0 bridgehead atoms. The van der Waals surface area contributed by atoms with Crippen molar-refractivity contribution in [2.24, 2.45) is 0 Å². The zero-order chi connectivity index (χ0) is 13.2. The van der Waals surface area contributed by atoms with Crippen molar-refractivity contribution in [3.05, 3.63) is 22.4 Å². The summed E-state index contributed by atoms with van der Waals surface area (Å²) in [6.45, 7) is 13.2. The summed E-state index contributed by atoms with van der Waals surface area (Å²) >= 11 is 1.78. The molecule has 2 heteroatoms. The second-order valence-electron chi connectivity index (χ2n) is 2.57. The summed E-state index contributed by atoms with van der Waals surface area (Å²) in [4.78, 5) is 1.38. The summed E-state index contributed by atoms with van der Waals surface area (Å²) < 4.78 is 4.78. The molecule has 0 saturated carbocycles. The summed E-state index contributed by atoms with van der Waals surface area (Å²) in [6, 6.07) is 4.16. The summed E-state index contributed by atoms with van der Waals surface area (Å²) in [5, 5.41) is 2.08. The fraction of sp³-hybridized carbons (Fsp3) is 0.714. The van der Waals surface area contributed by atoms with E-state index in [9.17, 15) is 0 Å². The van der Waals surface area contributed by atoms with Crippen molar-refractivity contribution < 1.29 is 4.74 Å². The quantitative estimate of drug-likeness (QED) is 0.636. The van der Waals surface area contributed by atoms with Crippen LogP contribution in [0.3, 0.4) is 0 Å². The van der Waals surface area contributed by atoms with Gasteiger partial charge in [0.15, 0.2) is 0 Å². The third kappa shape index (κ3) is 23.5. The van der Waals surface area contributed by atoms with Gasteiger partial charge in [-0.05, 0) is 24.8 Å². The minimum Gasteiger partial charge on any atom is -0.385 e. The Morgan fingerprint density at radius 1 is 1.19 bits per heavy atom. The van der Waals surface area contributed by atoms with Crippen molar-refractivity contribution in [2.45, 2.75) is 54.4 Å². The Hall–Kier alpha value is -0.340. The van der Waals surface area contributed by atoms with Gasteiger partial charge in [-0.2, -0.15) is 0 Å². The zero-order valence-electron chi connectivity index (χ0n) is 12.2. The van der Waals surface area contributed by atoms with Crippen molar-refractivity contribution >= 4 is 11.3 Å². The SMILES string of the molecule is CC.CC.CCCCOC.Cc1cccs1. The predicted molar refractivity (Wildman–Crippen MR) is 78.5 cm³/mol. The van der Waals surface area contributed by atoms with Gasteiger partial charge in [0.05, 0.1) is 0 Å². The van der Waals surface area contributed by atoms with Crippen LogP contribution < -0.4 is 0 Å². The molecular formula is C14H30OS. The fourth-order valence-corrected chi connectivity index (χ4v) is 1.18. The first-order valence-corrected chi connectivity index (χ1v) is 7.18. The molecule has 1 heterocycles. The number of ether oxygens (including phenoxy) is 1. The highest BCUT2D eigenvalue weighted by atomic mass is 32.1. The maximum Gasteiger partial charge on any atom is 0.0462 e. The molecule has 0 aliphatic rings. The van der Waals surface area contributed by atoms with E-state index >= 15 is 0 Å². The molecule has 98 valence electrons. The van der Waals surface area contributed by atoms with Crippen LogP contribution in [0.5, 0.6) is 0 Å². The van der Waals surface area contributed by atoms with Crippen LogP contribution >= 0.6 is 11.3 Å². The van der Waals surface area contributed by atoms with E-state index in [-0.39, 0.29) is 0 Å². The first kappa shape index (κ1) is 21.0. The van der Waals surface area contributed by atoms with Crippen LogP contribution in [0.2, 0.25) is 0 Å². The van der Waals surface area contributed by atoms with E-state index in [1.165, 1.54) is 17.7 Å². The molecule has 0 aromatic carbocycles. The summed E-state index contributed by atoms with van der Waals surface area (Å²) in [6.07, 6.45) is 2.42. The van der Waals surface area contributed by atoms with E-state index in [1.54, 1.807) is 18.4 Å². The van der Waals surface area contributed by atoms with Gasteiger partial charge in [-0.3, -0.25) is 0 Å². The minimum absolute atomic E-state index is 0.913. The van der Waals surface area contributed by atoms with Gasteiger partial charge in [0.25, 0.3) is 0 Å². The van der Waals surface area contributed by atoms with Crippen LogP contribution in [0.15, 0.2) is 17.5 Å². The Bertz CT molecular complexity index is 155. The van der Waals surface area contributed by atoms with Crippen molar-refractivity contribution in [1.29, 1.82) is 0 Å². The Balaban J connectivity index is -0.000000162. The van der Waals surface area contributed by atoms with Crippen LogP contribution in [0, 0.1) is 6.92 Å². The molecule has 0 atom stereocenters. The standard InChI is InChI=1S/C5H12O.C5H6S.2C2H6/c1-3-4-5-6-2;1-5-3-2-4-6-5;2*1-2/h3-5H2,1-2H3;2-4H,1H3;2*1-2H3. The molecule has 0 saturated heterocycles. The molecule has 1 aromatic heterocycles. The lowest BCUT2D eigenvalue weighted by atomic mass is 10.4.